The molecule has 0 aliphatic carbocycles. The van der Waals surface area contributed by atoms with Gasteiger partial charge in [-0.3, -0.25) is 9.59 Å². The first-order chi connectivity index (χ1) is 26.6. The van der Waals surface area contributed by atoms with E-state index in [1.807, 2.05) is 0 Å². The summed E-state index contributed by atoms with van der Waals surface area (Å²) in [5.41, 5.74) is 0. The third-order valence-corrected chi connectivity index (χ3v) is 10.1. The molecule has 0 spiro atoms. The summed E-state index contributed by atoms with van der Waals surface area (Å²) >= 11 is 0. The van der Waals surface area contributed by atoms with Gasteiger partial charge in [0.2, 0.25) is 0 Å². The molecule has 0 heterocycles. The van der Waals surface area contributed by atoms with E-state index in [0.717, 1.165) is 57.8 Å². The molecule has 0 aliphatic heterocycles. The van der Waals surface area contributed by atoms with Gasteiger partial charge in [-0.05, 0) is 70.6 Å². The maximum absolute atomic E-state index is 12.7. The first-order valence-electron chi connectivity index (χ1n) is 23.5. The molecule has 0 radical (unpaired) electrons. The highest BCUT2D eigenvalue weighted by Gasteiger charge is 2.17. The van der Waals surface area contributed by atoms with Crippen LogP contribution in [0.25, 0.3) is 0 Å². The van der Waals surface area contributed by atoms with Crippen LogP contribution < -0.4 is 0 Å². The molecule has 0 N–H and O–H groups in total. The van der Waals surface area contributed by atoms with Crippen LogP contribution in [0, 0.1) is 0 Å². The fourth-order valence-electron chi connectivity index (χ4n) is 6.60. The summed E-state index contributed by atoms with van der Waals surface area (Å²) < 4.78 is 17.3. The molecule has 0 saturated heterocycles. The molecule has 54 heavy (non-hydrogen) atoms. The molecule has 0 saturated carbocycles. The lowest BCUT2D eigenvalue weighted by atomic mass is 10.1. The maximum Gasteiger partial charge on any atom is 0.306 e. The molecule has 0 rings (SSSR count). The molecular weight excluding hydrogens is 669 g/mol. The monoisotopic (exact) mass is 759 g/mol. The van der Waals surface area contributed by atoms with Crippen LogP contribution in [0.1, 0.15) is 239 Å². The van der Waals surface area contributed by atoms with Crippen molar-refractivity contribution in [3.63, 3.8) is 0 Å². The highest BCUT2D eigenvalue weighted by Crippen LogP contribution is 2.14. The van der Waals surface area contributed by atoms with Gasteiger partial charge in [-0.25, -0.2) is 0 Å². The van der Waals surface area contributed by atoms with E-state index in [4.69, 9.17) is 14.2 Å². The first-order valence-corrected chi connectivity index (χ1v) is 23.5. The molecule has 1 atom stereocenters. The predicted molar refractivity (Wildman–Crippen MR) is 233 cm³/mol. The summed E-state index contributed by atoms with van der Waals surface area (Å²) in [4.78, 5) is 25.2. The van der Waals surface area contributed by atoms with Crippen LogP contribution >= 0.6 is 0 Å². The van der Waals surface area contributed by atoms with Gasteiger partial charge in [0, 0.05) is 19.4 Å². The fourth-order valence-corrected chi connectivity index (χ4v) is 6.60. The van der Waals surface area contributed by atoms with Crippen molar-refractivity contribution in [2.24, 2.45) is 0 Å². The number of rotatable bonds is 43. The number of hydrogen-bond acceptors (Lipinski definition) is 5. The second-order valence-electron chi connectivity index (χ2n) is 15.7. The van der Waals surface area contributed by atoms with Crippen LogP contribution in [0.5, 0.6) is 0 Å². The molecule has 5 nitrogen and oxygen atoms in total. The molecule has 0 aliphatic rings. The van der Waals surface area contributed by atoms with Gasteiger partial charge in [-0.15, -0.1) is 0 Å². The Hall–Kier alpha value is -1.88. The first kappa shape index (κ1) is 52.1. The van der Waals surface area contributed by atoms with Crippen molar-refractivity contribution in [2.75, 3.05) is 19.8 Å². The number of ether oxygens (including phenoxy) is 3. The van der Waals surface area contributed by atoms with Crippen LogP contribution in [0.2, 0.25) is 0 Å². The minimum absolute atomic E-state index is 0.0804. The molecule has 5 heteroatoms. The van der Waals surface area contributed by atoms with Crippen molar-refractivity contribution in [1.29, 1.82) is 0 Å². The SMILES string of the molecule is CCC/C=C\C/C=C\CCCCCCCCOCC(COC(=O)CCCCCCC/C=C\CCCCCC)OC(=O)CCCCCCCCCCCCC. The van der Waals surface area contributed by atoms with E-state index < -0.39 is 6.10 Å². The van der Waals surface area contributed by atoms with Gasteiger partial charge in [-0.1, -0.05) is 192 Å². The average molecular weight is 759 g/mol. The van der Waals surface area contributed by atoms with Crippen LogP contribution in [0.15, 0.2) is 36.5 Å². The molecule has 0 fully saturated rings. The van der Waals surface area contributed by atoms with E-state index in [0.29, 0.717) is 19.4 Å². The molecule has 0 bridgehead atoms. The van der Waals surface area contributed by atoms with Gasteiger partial charge < -0.3 is 14.2 Å². The van der Waals surface area contributed by atoms with Gasteiger partial charge in [-0.2, -0.15) is 0 Å². The van der Waals surface area contributed by atoms with Crippen molar-refractivity contribution in [1.82, 2.24) is 0 Å². The van der Waals surface area contributed by atoms with Gasteiger partial charge >= 0.3 is 11.9 Å². The Balaban J connectivity index is 4.26. The Bertz CT molecular complexity index is 862. The van der Waals surface area contributed by atoms with Crippen molar-refractivity contribution < 1.29 is 23.8 Å². The van der Waals surface area contributed by atoms with Crippen LogP contribution in [-0.4, -0.2) is 37.9 Å². The lowest BCUT2D eigenvalue weighted by Gasteiger charge is -2.18. The number of allylic oxidation sites excluding steroid dienone is 6. The molecule has 0 aromatic rings. The number of hydrogen-bond donors (Lipinski definition) is 0. The molecule has 0 aromatic heterocycles. The standard InChI is InChI=1S/C49H90O5/c1-4-7-10-13-16-19-22-24-26-29-32-35-38-41-44-52-45-47(54-49(51)43-40-37-34-31-27-21-18-15-12-9-6-3)46-53-48(50)42-39-36-33-30-28-25-23-20-17-14-11-8-5-2/h10,13,19-20,22-23,47H,4-9,11-12,14-18,21,24-46H2,1-3H3/b13-10-,22-19-,23-20-. The van der Waals surface area contributed by atoms with E-state index in [1.165, 1.54) is 148 Å². The second kappa shape index (κ2) is 45.5. The third-order valence-electron chi connectivity index (χ3n) is 10.1. The lowest BCUT2D eigenvalue weighted by molar-refractivity contribution is -0.163. The Morgan fingerprint density at radius 2 is 0.815 bits per heavy atom. The summed E-state index contributed by atoms with van der Waals surface area (Å²) in [5, 5.41) is 0. The van der Waals surface area contributed by atoms with E-state index in [-0.39, 0.29) is 25.2 Å². The summed E-state index contributed by atoms with van der Waals surface area (Å²) in [6, 6.07) is 0. The molecule has 316 valence electrons. The Labute approximate surface area is 336 Å². The maximum atomic E-state index is 12.7. The van der Waals surface area contributed by atoms with Gasteiger partial charge in [0.25, 0.3) is 0 Å². The summed E-state index contributed by atoms with van der Waals surface area (Å²) in [7, 11) is 0. The zero-order valence-electron chi connectivity index (χ0n) is 36.2. The van der Waals surface area contributed by atoms with Gasteiger partial charge in [0.05, 0.1) is 6.61 Å². The Morgan fingerprint density at radius 1 is 0.407 bits per heavy atom. The highest BCUT2D eigenvalue weighted by molar-refractivity contribution is 5.70. The molecular formula is C49H90O5. The van der Waals surface area contributed by atoms with Crippen LogP contribution in [0.4, 0.5) is 0 Å². The quantitative estimate of drug-likeness (QED) is 0.0352. The number of carbonyl (C=O) groups excluding carboxylic acids is 2. The van der Waals surface area contributed by atoms with Gasteiger partial charge in [0.15, 0.2) is 6.10 Å². The smallest absolute Gasteiger partial charge is 0.306 e. The zero-order chi connectivity index (χ0) is 39.3. The van der Waals surface area contributed by atoms with Crippen molar-refractivity contribution in [3.05, 3.63) is 36.5 Å². The van der Waals surface area contributed by atoms with E-state index >= 15 is 0 Å². The predicted octanol–water partition coefficient (Wildman–Crippen LogP) is 15.4. The topological polar surface area (TPSA) is 61.8 Å². The van der Waals surface area contributed by atoms with Crippen LogP contribution in [-0.2, 0) is 23.8 Å². The largest absolute Gasteiger partial charge is 0.462 e. The average Bonchev–Trinajstić information content (AvgIpc) is 3.17. The number of esters is 2. The second-order valence-corrected chi connectivity index (χ2v) is 15.7. The Morgan fingerprint density at radius 3 is 1.33 bits per heavy atom. The third kappa shape index (κ3) is 42.9. The van der Waals surface area contributed by atoms with Crippen LogP contribution in [0.3, 0.4) is 0 Å². The Kier molecular flexibility index (Phi) is 43.9. The highest BCUT2D eigenvalue weighted by atomic mass is 16.6. The number of carbonyl (C=O) groups is 2. The zero-order valence-corrected chi connectivity index (χ0v) is 36.2. The molecule has 0 aromatic carbocycles. The fraction of sp³-hybridized carbons (Fsp3) is 0.837. The summed E-state index contributed by atoms with van der Waals surface area (Å²) in [6.07, 6.45) is 52.8. The molecule has 0 amide bonds. The van der Waals surface area contributed by atoms with E-state index in [2.05, 4.69) is 57.2 Å². The van der Waals surface area contributed by atoms with Crippen molar-refractivity contribution in [2.45, 2.75) is 245 Å². The number of unbranched alkanes of at least 4 members (excludes halogenated alkanes) is 26. The summed E-state index contributed by atoms with van der Waals surface area (Å²) in [6.45, 7) is 7.74. The lowest BCUT2D eigenvalue weighted by Crippen LogP contribution is -2.30. The minimum atomic E-state index is -0.538. The molecule has 1 unspecified atom stereocenters. The van der Waals surface area contributed by atoms with E-state index in [9.17, 15) is 9.59 Å². The van der Waals surface area contributed by atoms with Gasteiger partial charge in [0.1, 0.15) is 6.61 Å². The van der Waals surface area contributed by atoms with Crippen molar-refractivity contribution in [3.8, 4) is 0 Å². The minimum Gasteiger partial charge on any atom is -0.462 e. The summed E-state index contributed by atoms with van der Waals surface area (Å²) in [5.74, 6) is -0.406. The van der Waals surface area contributed by atoms with Crippen molar-refractivity contribution >= 4 is 11.9 Å². The van der Waals surface area contributed by atoms with E-state index in [1.54, 1.807) is 0 Å². The normalized spacial score (nSPS) is 12.4.